The highest BCUT2D eigenvalue weighted by Gasteiger charge is 2.14. The van der Waals surface area contributed by atoms with Crippen LogP contribution in [0.25, 0.3) is 16.2 Å². The van der Waals surface area contributed by atoms with Crippen LogP contribution in [-0.4, -0.2) is 58.9 Å². The number of hydrogen-bond donors (Lipinski definition) is 1. The molecule has 1 aliphatic heterocycles. The van der Waals surface area contributed by atoms with Crippen LogP contribution in [0.15, 0.2) is 23.6 Å². The van der Waals surface area contributed by atoms with Crippen LogP contribution < -0.4 is 5.32 Å². The van der Waals surface area contributed by atoms with Crippen molar-refractivity contribution in [2.24, 2.45) is 0 Å². The summed E-state index contributed by atoms with van der Waals surface area (Å²) in [6.45, 7) is 9.99. The minimum absolute atomic E-state index is 0.857. The molecule has 6 nitrogen and oxygen atoms in total. The Hall–Kier alpha value is -1.96. The predicted molar refractivity (Wildman–Crippen MR) is 106 cm³/mol. The number of aryl methyl sites for hydroxylation is 1. The van der Waals surface area contributed by atoms with Gasteiger partial charge < -0.3 is 10.1 Å². The van der Waals surface area contributed by atoms with E-state index in [1.165, 1.54) is 4.88 Å². The van der Waals surface area contributed by atoms with Crippen LogP contribution in [0.1, 0.15) is 17.7 Å². The standard InChI is InChI=1S/C19H25N5OS/c1-14-15(2)21-18-13-16(17-5-3-12-26-17)22-24(18)19(14)20-6-4-7-23-8-10-25-11-9-23/h3,5,12-13,20H,4,6-11H2,1-2H3. The number of nitrogens with one attached hydrogen (secondary N) is 1. The first-order valence-corrected chi connectivity index (χ1v) is 10.0. The molecule has 0 unspecified atom stereocenters. The lowest BCUT2D eigenvalue weighted by molar-refractivity contribution is 0.0378. The van der Waals surface area contributed by atoms with E-state index in [0.29, 0.717) is 0 Å². The van der Waals surface area contributed by atoms with Crippen molar-refractivity contribution in [1.82, 2.24) is 19.5 Å². The van der Waals surface area contributed by atoms with E-state index < -0.39 is 0 Å². The van der Waals surface area contributed by atoms with Crippen molar-refractivity contribution in [2.75, 3.05) is 44.7 Å². The van der Waals surface area contributed by atoms with E-state index in [9.17, 15) is 0 Å². The van der Waals surface area contributed by atoms with Gasteiger partial charge >= 0.3 is 0 Å². The van der Waals surface area contributed by atoms with Gasteiger partial charge in [-0.2, -0.15) is 9.61 Å². The first-order valence-electron chi connectivity index (χ1n) is 9.17. The second-order valence-corrected chi connectivity index (χ2v) is 7.63. The van der Waals surface area contributed by atoms with Crippen LogP contribution in [0.3, 0.4) is 0 Å². The van der Waals surface area contributed by atoms with Crippen LogP contribution in [0, 0.1) is 13.8 Å². The average molecular weight is 372 g/mol. The van der Waals surface area contributed by atoms with Crippen molar-refractivity contribution in [3.05, 3.63) is 34.8 Å². The fourth-order valence-corrected chi connectivity index (χ4v) is 3.97. The second-order valence-electron chi connectivity index (χ2n) is 6.68. The zero-order valence-corrected chi connectivity index (χ0v) is 16.2. The molecule has 0 radical (unpaired) electrons. The molecule has 0 bridgehead atoms. The van der Waals surface area contributed by atoms with Crippen molar-refractivity contribution in [3.63, 3.8) is 0 Å². The van der Waals surface area contributed by atoms with Gasteiger partial charge in [0.25, 0.3) is 0 Å². The molecule has 1 aliphatic rings. The topological polar surface area (TPSA) is 54.7 Å². The van der Waals surface area contributed by atoms with E-state index in [4.69, 9.17) is 14.8 Å². The molecule has 0 aromatic carbocycles. The maximum absolute atomic E-state index is 5.41. The van der Waals surface area contributed by atoms with E-state index >= 15 is 0 Å². The summed E-state index contributed by atoms with van der Waals surface area (Å²) in [7, 11) is 0. The summed E-state index contributed by atoms with van der Waals surface area (Å²) in [6, 6.07) is 6.22. The smallest absolute Gasteiger partial charge is 0.158 e. The number of ether oxygens (including phenoxy) is 1. The third-order valence-corrected chi connectivity index (χ3v) is 5.80. The first-order chi connectivity index (χ1) is 12.7. The minimum atomic E-state index is 0.857. The number of hydrogen-bond acceptors (Lipinski definition) is 6. The third-order valence-electron chi connectivity index (χ3n) is 4.90. The van der Waals surface area contributed by atoms with Crippen molar-refractivity contribution >= 4 is 22.8 Å². The van der Waals surface area contributed by atoms with Gasteiger partial charge in [-0.3, -0.25) is 4.90 Å². The van der Waals surface area contributed by atoms with Gasteiger partial charge in [-0.1, -0.05) is 6.07 Å². The second kappa shape index (κ2) is 7.73. The van der Waals surface area contributed by atoms with Gasteiger partial charge in [-0.15, -0.1) is 11.3 Å². The molecule has 26 heavy (non-hydrogen) atoms. The molecule has 0 amide bonds. The molecule has 7 heteroatoms. The molecule has 4 heterocycles. The molecule has 3 aromatic rings. The zero-order chi connectivity index (χ0) is 17.9. The number of fused-ring (bicyclic) bond motifs is 1. The lowest BCUT2D eigenvalue weighted by Crippen LogP contribution is -2.37. The van der Waals surface area contributed by atoms with Gasteiger partial charge in [0, 0.05) is 37.0 Å². The number of thiophene rings is 1. The van der Waals surface area contributed by atoms with Crippen molar-refractivity contribution in [1.29, 1.82) is 0 Å². The van der Waals surface area contributed by atoms with Gasteiger partial charge in [-0.05, 0) is 38.3 Å². The fourth-order valence-electron chi connectivity index (χ4n) is 3.29. The van der Waals surface area contributed by atoms with Crippen LogP contribution in [0.4, 0.5) is 5.82 Å². The fraction of sp³-hybridized carbons (Fsp3) is 0.474. The van der Waals surface area contributed by atoms with Gasteiger partial charge in [0.1, 0.15) is 11.5 Å². The largest absolute Gasteiger partial charge is 0.379 e. The summed E-state index contributed by atoms with van der Waals surface area (Å²) in [6.07, 6.45) is 1.10. The summed E-state index contributed by atoms with van der Waals surface area (Å²) in [5.74, 6) is 1.05. The van der Waals surface area contributed by atoms with Gasteiger partial charge in [0.05, 0.1) is 18.1 Å². The maximum atomic E-state index is 5.41. The van der Waals surface area contributed by atoms with Crippen LogP contribution in [0.5, 0.6) is 0 Å². The van der Waals surface area contributed by atoms with Gasteiger partial charge in [-0.25, -0.2) is 4.98 Å². The number of rotatable bonds is 6. The number of anilines is 1. The Morgan fingerprint density at radius 1 is 1.27 bits per heavy atom. The maximum Gasteiger partial charge on any atom is 0.158 e. The molecule has 4 rings (SSSR count). The van der Waals surface area contributed by atoms with Crippen LogP contribution in [0.2, 0.25) is 0 Å². The lowest BCUT2D eigenvalue weighted by atomic mass is 10.2. The monoisotopic (exact) mass is 371 g/mol. The van der Waals surface area contributed by atoms with Gasteiger partial charge in [0.15, 0.2) is 5.65 Å². The summed E-state index contributed by atoms with van der Waals surface area (Å²) in [5, 5.41) is 10.5. The number of nitrogens with zero attached hydrogens (tertiary/aromatic N) is 4. The Bertz CT molecular complexity index is 868. The average Bonchev–Trinajstić information content (AvgIpc) is 3.32. The highest BCUT2D eigenvalue weighted by molar-refractivity contribution is 7.13. The Morgan fingerprint density at radius 2 is 2.12 bits per heavy atom. The van der Waals surface area contributed by atoms with Gasteiger partial charge in [0.2, 0.25) is 0 Å². The van der Waals surface area contributed by atoms with E-state index in [0.717, 1.165) is 74.2 Å². The Kier molecular flexibility index (Phi) is 5.19. The van der Waals surface area contributed by atoms with Crippen LogP contribution in [-0.2, 0) is 4.74 Å². The van der Waals surface area contributed by atoms with Crippen molar-refractivity contribution < 1.29 is 4.74 Å². The molecule has 0 saturated carbocycles. The molecular weight excluding hydrogens is 346 g/mol. The highest BCUT2D eigenvalue weighted by atomic mass is 32.1. The van der Waals surface area contributed by atoms with Crippen molar-refractivity contribution in [3.8, 4) is 10.6 Å². The SMILES string of the molecule is Cc1nc2cc(-c3cccs3)nn2c(NCCCN2CCOCC2)c1C. The van der Waals surface area contributed by atoms with Crippen LogP contribution >= 0.6 is 11.3 Å². The van der Waals surface area contributed by atoms with E-state index in [1.54, 1.807) is 11.3 Å². The Labute approximate surface area is 157 Å². The Morgan fingerprint density at radius 3 is 2.88 bits per heavy atom. The summed E-state index contributed by atoms with van der Waals surface area (Å²) in [4.78, 5) is 8.35. The highest BCUT2D eigenvalue weighted by Crippen LogP contribution is 2.27. The molecule has 3 aromatic heterocycles. The normalized spacial score (nSPS) is 15.6. The summed E-state index contributed by atoms with van der Waals surface area (Å²) < 4.78 is 7.36. The third kappa shape index (κ3) is 3.60. The molecular formula is C19H25N5OS. The predicted octanol–water partition coefficient (Wildman–Crippen LogP) is 3.21. The molecule has 0 spiro atoms. The lowest BCUT2D eigenvalue weighted by Gasteiger charge is -2.26. The van der Waals surface area contributed by atoms with E-state index in [1.807, 2.05) is 4.52 Å². The first kappa shape index (κ1) is 17.5. The van der Waals surface area contributed by atoms with E-state index in [-0.39, 0.29) is 0 Å². The quantitative estimate of drug-likeness (QED) is 0.675. The molecule has 0 aliphatic carbocycles. The molecule has 1 N–H and O–H groups in total. The van der Waals surface area contributed by atoms with Crippen molar-refractivity contribution in [2.45, 2.75) is 20.3 Å². The number of morpholine rings is 1. The van der Waals surface area contributed by atoms with E-state index in [2.05, 4.69) is 47.6 Å². The Balaban J connectivity index is 1.50. The molecule has 138 valence electrons. The zero-order valence-electron chi connectivity index (χ0n) is 15.4. The number of aromatic nitrogens is 3. The molecule has 1 saturated heterocycles. The summed E-state index contributed by atoms with van der Waals surface area (Å²) in [5.41, 5.74) is 4.08. The summed E-state index contributed by atoms with van der Waals surface area (Å²) >= 11 is 1.70. The molecule has 1 fully saturated rings. The minimum Gasteiger partial charge on any atom is -0.379 e. The molecule has 0 atom stereocenters.